The van der Waals surface area contributed by atoms with E-state index in [2.05, 4.69) is 30.9 Å². The van der Waals surface area contributed by atoms with Crippen LogP contribution in [0.4, 0.5) is 0 Å². The number of hydrogen-bond acceptors (Lipinski definition) is 2. The van der Waals surface area contributed by atoms with Gasteiger partial charge < -0.3 is 4.90 Å². The Morgan fingerprint density at radius 2 is 2.15 bits per heavy atom. The first-order valence-corrected chi connectivity index (χ1v) is 4.80. The van der Waals surface area contributed by atoms with Gasteiger partial charge in [-0.2, -0.15) is 0 Å². The van der Waals surface area contributed by atoms with Crippen LogP contribution in [-0.2, 0) is 0 Å². The van der Waals surface area contributed by atoms with E-state index in [1.807, 2.05) is 18.3 Å². The van der Waals surface area contributed by atoms with Gasteiger partial charge in [-0.1, -0.05) is 24.6 Å². The Balaban J connectivity index is 2.86. The second kappa shape index (κ2) is 4.58. The third-order valence-electron chi connectivity index (χ3n) is 2.15. The molecule has 2 nitrogen and oxygen atoms in total. The second-order valence-corrected chi connectivity index (χ2v) is 3.69. The highest BCUT2D eigenvalue weighted by molar-refractivity contribution is 6.29. The van der Waals surface area contributed by atoms with E-state index in [0.717, 1.165) is 6.42 Å². The summed E-state index contributed by atoms with van der Waals surface area (Å²) in [6.07, 6.45) is 2.92. The molecule has 1 rings (SSSR count). The van der Waals surface area contributed by atoms with Gasteiger partial charge in [-0.25, -0.2) is 4.98 Å². The van der Waals surface area contributed by atoms with Gasteiger partial charge in [0.15, 0.2) is 0 Å². The minimum atomic E-state index is 0.435. The smallest absolute Gasteiger partial charge is 0.129 e. The molecule has 0 saturated heterocycles. The molecule has 72 valence electrons. The normalized spacial score (nSPS) is 13.3. The van der Waals surface area contributed by atoms with Gasteiger partial charge in [-0.15, -0.1) is 0 Å². The van der Waals surface area contributed by atoms with E-state index in [0.29, 0.717) is 11.2 Å². The zero-order valence-corrected chi connectivity index (χ0v) is 9.04. The average Bonchev–Trinajstić information content (AvgIpc) is 2.09. The summed E-state index contributed by atoms with van der Waals surface area (Å²) in [4.78, 5) is 6.25. The zero-order chi connectivity index (χ0) is 9.84. The molecule has 1 aromatic rings. The molecule has 0 aromatic carbocycles. The molecular formula is C10H15ClN2. The molecule has 0 aliphatic rings. The maximum absolute atomic E-state index is 5.71. The molecule has 1 heterocycles. The fourth-order valence-corrected chi connectivity index (χ4v) is 1.60. The van der Waals surface area contributed by atoms with Crippen LogP contribution in [0.15, 0.2) is 18.3 Å². The lowest BCUT2D eigenvalue weighted by Gasteiger charge is -2.22. The molecule has 1 atom stereocenters. The third kappa shape index (κ3) is 2.68. The maximum Gasteiger partial charge on any atom is 0.129 e. The summed E-state index contributed by atoms with van der Waals surface area (Å²) < 4.78 is 0. The first-order valence-electron chi connectivity index (χ1n) is 4.43. The Morgan fingerprint density at radius 3 is 2.54 bits per heavy atom. The van der Waals surface area contributed by atoms with E-state index >= 15 is 0 Å². The quantitative estimate of drug-likeness (QED) is 0.695. The Labute approximate surface area is 84.5 Å². The molecular weight excluding hydrogens is 184 g/mol. The Morgan fingerprint density at radius 1 is 1.46 bits per heavy atom. The predicted molar refractivity (Wildman–Crippen MR) is 56.0 cm³/mol. The first kappa shape index (κ1) is 10.5. The van der Waals surface area contributed by atoms with Crippen LogP contribution in [0.1, 0.15) is 24.9 Å². The lowest BCUT2D eigenvalue weighted by molar-refractivity contribution is 0.291. The molecule has 1 aromatic heterocycles. The zero-order valence-electron chi connectivity index (χ0n) is 8.29. The summed E-state index contributed by atoms with van der Waals surface area (Å²) in [5.74, 6) is 0. The van der Waals surface area contributed by atoms with Crippen molar-refractivity contribution in [1.29, 1.82) is 0 Å². The number of halogens is 1. The van der Waals surface area contributed by atoms with E-state index in [1.54, 1.807) is 0 Å². The first-order chi connectivity index (χ1) is 6.15. The molecule has 0 radical (unpaired) electrons. The summed E-state index contributed by atoms with van der Waals surface area (Å²) in [5.41, 5.74) is 1.22. The van der Waals surface area contributed by atoms with Gasteiger partial charge in [0.25, 0.3) is 0 Å². The summed E-state index contributed by atoms with van der Waals surface area (Å²) >= 11 is 5.71. The molecule has 13 heavy (non-hydrogen) atoms. The lowest BCUT2D eigenvalue weighted by atomic mass is 10.1. The van der Waals surface area contributed by atoms with Gasteiger partial charge in [0.2, 0.25) is 0 Å². The molecule has 1 unspecified atom stereocenters. The molecule has 0 aliphatic carbocycles. The highest BCUT2D eigenvalue weighted by atomic mass is 35.5. The molecule has 0 amide bonds. The molecule has 0 N–H and O–H groups in total. The van der Waals surface area contributed by atoms with Gasteiger partial charge in [0.1, 0.15) is 5.15 Å². The molecule has 0 saturated carbocycles. The van der Waals surface area contributed by atoms with Gasteiger partial charge >= 0.3 is 0 Å². The number of aromatic nitrogens is 1. The maximum atomic E-state index is 5.71. The molecule has 0 aliphatic heterocycles. The third-order valence-corrected chi connectivity index (χ3v) is 2.37. The average molecular weight is 199 g/mol. The van der Waals surface area contributed by atoms with Crippen molar-refractivity contribution < 1.29 is 0 Å². The van der Waals surface area contributed by atoms with Gasteiger partial charge in [0.05, 0.1) is 0 Å². The van der Waals surface area contributed by atoms with Crippen LogP contribution in [0.3, 0.4) is 0 Å². The van der Waals surface area contributed by atoms with Crippen LogP contribution in [0.5, 0.6) is 0 Å². The largest absolute Gasteiger partial charge is 0.302 e. The standard InChI is InChI=1S/C10H15ClN2/c1-4-9(13(2)3)8-5-6-10(11)12-7-8/h5-7,9H,4H2,1-3H3. The van der Waals surface area contributed by atoms with Crippen LogP contribution >= 0.6 is 11.6 Å². The van der Waals surface area contributed by atoms with Crippen molar-refractivity contribution in [2.75, 3.05) is 14.1 Å². The van der Waals surface area contributed by atoms with Crippen LogP contribution in [0.25, 0.3) is 0 Å². The molecule has 3 heteroatoms. The van der Waals surface area contributed by atoms with Crippen LogP contribution in [0, 0.1) is 0 Å². The number of nitrogens with zero attached hydrogens (tertiary/aromatic N) is 2. The highest BCUT2D eigenvalue weighted by Crippen LogP contribution is 2.21. The molecule has 0 fully saturated rings. The van der Waals surface area contributed by atoms with Crippen LogP contribution < -0.4 is 0 Å². The van der Waals surface area contributed by atoms with Crippen LogP contribution in [-0.4, -0.2) is 24.0 Å². The van der Waals surface area contributed by atoms with E-state index in [1.165, 1.54) is 5.56 Å². The minimum absolute atomic E-state index is 0.435. The highest BCUT2D eigenvalue weighted by Gasteiger charge is 2.11. The topological polar surface area (TPSA) is 16.1 Å². The fraction of sp³-hybridized carbons (Fsp3) is 0.500. The van der Waals surface area contributed by atoms with Crippen molar-refractivity contribution in [1.82, 2.24) is 9.88 Å². The SMILES string of the molecule is CCC(c1ccc(Cl)nc1)N(C)C. The Hall–Kier alpha value is -0.600. The summed E-state index contributed by atoms with van der Waals surface area (Å²) in [7, 11) is 4.14. The summed E-state index contributed by atoms with van der Waals surface area (Å²) in [6.45, 7) is 2.17. The Bertz CT molecular complexity index is 256. The fourth-order valence-electron chi connectivity index (χ4n) is 1.48. The number of pyridine rings is 1. The van der Waals surface area contributed by atoms with Crippen molar-refractivity contribution >= 4 is 11.6 Å². The molecule has 0 spiro atoms. The molecule has 0 bridgehead atoms. The van der Waals surface area contributed by atoms with Crippen molar-refractivity contribution in [2.24, 2.45) is 0 Å². The lowest BCUT2D eigenvalue weighted by Crippen LogP contribution is -2.19. The van der Waals surface area contributed by atoms with Gasteiger partial charge in [-0.3, -0.25) is 0 Å². The predicted octanol–water partition coefficient (Wildman–Crippen LogP) is 2.75. The van der Waals surface area contributed by atoms with Crippen molar-refractivity contribution in [3.05, 3.63) is 29.0 Å². The van der Waals surface area contributed by atoms with E-state index in [4.69, 9.17) is 11.6 Å². The minimum Gasteiger partial charge on any atom is -0.302 e. The second-order valence-electron chi connectivity index (χ2n) is 3.30. The van der Waals surface area contributed by atoms with Crippen molar-refractivity contribution in [2.45, 2.75) is 19.4 Å². The van der Waals surface area contributed by atoms with E-state index in [-0.39, 0.29) is 0 Å². The van der Waals surface area contributed by atoms with Crippen LogP contribution in [0.2, 0.25) is 5.15 Å². The Kier molecular flexibility index (Phi) is 3.70. The summed E-state index contributed by atoms with van der Waals surface area (Å²) in [6, 6.07) is 4.30. The monoisotopic (exact) mass is 198 g/mol. The number of hydrogen-bond donors (Lipinski definition) is 0. The van der Waals surface area contributed by atoms with E-state index < -0.39 is 0 Å². The van der Waals surface area contributed by atoms with Gasteiger partial charge in [0, 0.05) is 12.2 Å². The number of rotatable bonds is 3. The van der Waals surface area contributed by atoms with Crippen molar-refractivity contribution in [3.63, 3.8) is 0 Å². The van der Waals surface area contributed by atoms with Crippen molar-refractivity contribution in [3.8, 4) is 0 Å². The summed E-state index contributed by atoms with van der Waals surface area (Å²) in [5, 5.41) is 0.553. The van der Waals surface area contributed by atoms with E-state index in [9.17, 15) is 0 Å². The van der Waals surface area contributed by atoms with Gasteiger partial charge in [-0.05, 0) is 32.1 Å².